The number of β-amino-alcohol motifs (C(OH)–C–C–N with tert-alkyl or cyclic N) is 1. The van der Waals surface area contributed by atoms with Crippen LogP contribution in [0.5, 0.6) is 0 Å². The number of likely N-dealkylation sites (tertiary alicyclic amines) is 1. The number of carbonyl (C=O) groups is 1. The van der Waals surface area contributed by atoms with E-state index in [1.165, 1.54) is 12.1 Å². The molecule has 0 bridgehead atoms. The second kappa shape index (κ2) is 6.69. The van der Waals surface area contributed by atoms with Crippen LogP contribution >= 0.6 is 0 Å². The summed E-state index contributed by atoms with van der Waals surface area (Å²) in [5.74, 6) is -0.161. The first-order valence-corrected chi connectivity index (χ1v) is 9.15. The van der Waals surface area contributed by atoms with Crippen LogP contribution in [0.1, 0.15) is 39.2 Å². The van der Waals surface area contributed by atoms with Crippen molar-refractivity contribution >= 4 is 5.91 Å². The fraction of sp³-hybridized carbons (Fsp3) is 0.650. The Balaban J connectivity index is 1.92. The zero-order valence-electron chi connectivity index (χ0n) is 15.3. The highest BCUT2D eigenvalue weighted by atomic mass is 19.1. The van der Waals surface area contributed by atoms with Crippen molar-refractivity contribution in [1.29, 1.82) is 0 Å². The normalized spacial score (nSPS) is 29.2. The first-order valence-electron chi connectivity index (χ1n) is 9.15. The van der Waals surface area contributed by atoms with Crippen molar-refractivity contribution in [3.05, 3.63) is 35.6 Å². The van der Waals surface area contributed by atoms with Gasteiger partial charge in [0.15, 0.2) is 0 Å². The molecule has 25 heavy (non-hydrogen) atoms. The molecule has 2 saturated heterocycles. The van der Waals surface area contributed by atoms with Gasteiger partial charge < -0.3 is 14.7 Å². The SMILES string of the molecule is CC(C)C1(O)CN(C(=O)C2(c3ccc(F)cc3)CCOCC2)CC1C. The lowest BCUT2D eigenvalue weighted by atomic mass is 9.73. The molecule has 0 radical (unpaired) electrons. The molecule has 2 unspecified atom stereocenters. The summed E-state index contributed by atoms with van der Waals surface area (Å²) in [6.07, 6.45) is 1.17. The fourth-order valence-electron chi connectivity index (χ4n) is 4.34. The molecule has 2 atom stereocenters. The molecule has 0 saturated carbocycles. The Kier molecular flexibility index (Phi) is 4.91. The molecule has 5 heteroatoms. The predicted molar refractivity (Wildman–Crippen MR) is 93.7 cm³/mol. The Bertz CT molecular complexity index is 624. The number of hydrogen-bond donors (Lipinski definition) is 1. The first kappa shape index (κ1) is 18.3. The molecule has 1 N–H and O–H groups in total. The van der Waals surface area contributed by atoms with Gasteiger partial charge in [-0.3, -0.25) is 4.79 Å². The molecule has 0 aliphatic carbocycles. The van der Waals surface area contributed by atoms with Crippen molar-refractivity contribution in [2.24, 2.45) is 11.8 Å². The van der Waals surface area contributed by atoms with E-state index in [1.54, 1.807) is 17.0 Å². The summed E-state index contributed by atoms with van der Waals surface area (Å²) < 4.78 is 18.9. The molecule has 2 fully saturated rings. The number of aliphatic hydroxyl groups is 1. The average Bonchev–Trinajstić information content (AvgIpc) is 2.92. The molecule has 0 aromatic heterocycles. The minimum atomic E-state index is -0.856. The van der Waals surface area contributed by atoms with Crippen LogP contribution in [0.25, 0.3) is 0 Å². The summed E-state index contributed by atoms with van der Waals surface area (Å²) in [5.41, 5.74) is -0.700. The van der Waals surface area contributed by atoms with E-state index in [1.807, 2.05) is 20.8 Å². The summed E-state index contributed by atoms with van der Waals surface area (Å²) in [6, 6.07) is 6.26. The van der Waals surface area contributed by atoms with Crippen molar-refractivity contribution in [1.82, 2.24) is 4.90 Å². The summed E-state index contributed by atoms with van der Waals surface area (Å²) in [7, 11) is 0. The number of rotatable bonds is 3. The average molecular weight is 349 g/mol. The van der Waals surface area contributed by atoms with Gasteiger partial charge in [0, 0.05) is 32.2 Å². The Hall–Kier alpha value is -1.46. The summed E-state index contributed by atoms with van der Waals surface area (Å²) >= 11 is 0. The van der Waals surface area contributed by atoms with Gasteiger partial charge in [-0.1, -0.05) is 32.9 Å². The molecular weight excluding hydrogens is 321 g/mol. The lowest BCUT2D eigenvalue weighted by Gasteiger charge is -2.39. The molecule has 138 valence electrons. The minimum Gasteiger partial charge on any atom is -0.387 e. The number of benzene rings is 1. The number of nitrogens with zero attached hydrogens (tertiary/aromatic N) is 1. The molecule has 2 aliphatic rings. The van der Waals surface area contributed by atoms with E-state index >= 15 is 0 Å². The molecule has 4 nitrogen and oxygen atoms in total. The van der Waals surface area contributed by atoms with E-state index in [4.69, 9.17) is 4.74 Å². The lowest BCUT2D eigenvalue weighted by Crippen LogP contribution is -2.50. The first-order chi connectivity index (χ1) is 11.8. The maximum absolute atomic E-state index is 13.5. The quantitative estimate of drug-likeness (QED) is 0.913. The van der Waals surface area contributed by atoms with Gasteiger partial charge in [0.25, 0.3) is 0 Å². The third kappa shape index (κ3) is 3.08. The van der Waals surface area contributed by atoms with E-state index in [9.17, 15) is 14.3 Å². The molecule has 3 rings (SSSR count). The summed E-state index contributed by atoms with van der Waals surface area (Å²) in [4.78, 5) is 15.3. The van der Waals surface area contributed by atoms with E-state index in [0.717, 1.165) is 5.56 Å². The van der Waals surface area contributed by atoms with Gasteiger partial charge in [-0.05, 0) is 36.5 Å². The number of carbonyl (C=O) groups excluding carboxylic acids is 1. The molecule has 0 spiro atoms. The number of amides is 1. The van der Waals surface area contributed by atoms with Gasteiger partial charge in [0.2, 0.25) is 5.91 Å². The second-order valence-corrected chi connectivity index (χ2v) is 7.93. The molecule has 2 heterocycles. The Morgan fingerprint density at radius 1 is 1.28 bits per heavy atom. The van der Waals surface area contributed by atoms with Gasteiger partial charge in [-0.25, -0.2) is 4.39 Å². The van der Waals surface area contributed by atoms with Crippen molar-refractivity contribution in [3.8, 4) is 0 Å². The highest BCUT2D eigenvalue weighted by molar-refractivity contribution is 5.89. The van der Waals surface area contributed by atoms with Crippen LogP contribution in [-0.2, 0) is 14.9 Å². The standard InChI is InChI=1S/C20H28FNO3/c1-14(2)20(24)13-22(12-15(20)3)18(23)19(8-10-25-11-9-19)16-4-6-17(21)7-5-16/h4-7,14-15,24H,8-13H2,1-3H3. The maximum Gasteiger partial charge on any atom is 0.233 e. The van der Waals surface area contributed by atoms with E-state index in [-0.39, 0.29) is 23.6 Å². The second-order valence-electron chi connectivity index (χ2n) is 7.93. The van der Waals surface area contributed by atoms with Crippen molar-refractivity contribution in [3.63, 3.8) is 0 Å². The number of hydrogen-bond acceptors (Lipinski definition) is 3. The van der Waals surface area contributed by atoms with Gasteiger partial charge in [-0.15, -0.1) is 0 Å². The van der Waals surface area contributed by atoms with Crippen LogP contribution in [-0.4, -0.2) is 47.8 Å². The predicted octanol–water partition coefficient (Wildman–Crippen LogP) is 2.74. The zero-order valence-corrected chi connectivity index (χ0v) is 15.3. The van der Waals surface area contributed by atoms with Crippen molar-refractivity contribution in [2.45, 2.75) is 44.6 Å². The third-order valence-corrected chi connectivity index (χ3v) is 6.23. The van der Waals surface area contributed by atoms with Crippen LogP contribution < -0.4 is 0 Å². The van der Waals surface area contributed by atoms with Crippen LogP contribution in [0.15, 0.2) is 24.3 Å². The highest BCUT2D eigenvalue weighted by Gasteiger charge is 2.51. The molecule has 1 amide bonds. The smallest absolute Gasteiger partial charge is 0.233 e. The van der Waals surface area contributed by atoms with Crippen LogP contribution in [0.2, 0.25) is 0 Å². The number of halogens is 1. The summed E-state index contributed by atoms with van der Waals surface area (Å²) in [5, 5.41) is 11.0. The molecule has 1 aromatic carbocycles. The van der Waals surface area contributed by atoms with Gasteiger partial charge in [-0.2, -0.15) is 0 Å². The van der Waals surface area contributed by atoms with Crippen molar-refractivity contribution < 1.29 is 19.0 Å². The topological polar surface area (TPSA) is 49.8 Å². The zero-order chi connectivity index (χ0) is 18.2. The molecule has 1 aromatic rings. The fourth-order valence-corrected chi connectivity index (χ4v) is 4.34. The van der Waals surface area contributed by atoms with E-state index < -0.39 is 11.0 Å². The monoisotopic (exact) mass is 349 g/mol. The lowest BCUT2D eigenvalue weighted by molar-refractivity contribution is -0.141. The van der Waals surface area contributed by atoms with E-state index in [0.29, 0.717) is 39.1 Å². The van der Waals surface area contributed by atoms with Gasteiger partial charge >= 0.3 is 0 Å². The summed E-state index contributed by atoms with van der Waals surface area (Å²) in [6.45, 7) is 7.93. The maximum atomic E-state index is 13.5. The van der Waals surface area contributed by atoms with Crippen LogP contribution in [0.3, 0.4) is 0 Å². The molecular formula is C20H28FNO3. The Labute approximate surface area is 149 Å². The minimum absolute atomic E-state index is 0.0292. The molecule has 2 aliphatic heterocycles. The number of ether oxygens (including phenoxy) is 1. The van der Waals surface area contributed by atoms with Gasteiger partial charge in [0.1, 0.15) is 5.82 Å². The Morgan fingerprint density at radius 2 is 1.88 bits per heavy atom. The largest absolute Gasteiger partial charge is 0.387 e. The van der Waals surface area contributed by atoms with Gasteiger partial charge in [0.05, 0.1) is 11.0 Å². The van der Waals surface area contributed by atoms with Crippen LogP contribution in [0, 0.1) is 17.7 Å². The van der Waals surface area contributed by atoms with Crippen molar-refractivity contribution in [2.75, 3.05) is 26.3 Å². The van der Waals surface area contributed by atoms with E-state index in [2.05, 4.69) is 0 Å². The van der Waals surface area contributed by atoms with Crippen LogP contribution in [0.4, 0.5) is 4.39 Å². The Morgan fingerprint density at radius 3 is 2.40 bits per heavy atom. The highest BCUT2D eigenvalue weighted by Crippen LogP contribution is 2.41. The third-order valence-electron chi connectivity index (χ3n) is 6.23.